The Bertz CT molecular complexity index is 1630. The Morgan fingerprint density at radius 3 is 2.44 bits per heavy atom. The van der Waals surface area contributed by atoms with Crippen LogP contribution >= 0.6 is 34.7 Å². The molecule has 2 heterocycles. The molecule has 0 saturated carbocycles. The lowest BCUT2D eigenvalue weighted by Crippen LogP contribution is -2.29. The first-order valence-electron chi connectivity index (χ1n) is 14.1. The number of unbranched alkanes of at least 4 members (excludes halogenated alkanes) is 1. The number of ketones is 1. The number of amides is 1. The van der Waals surface area contributed by atoms with Gasteiger partial charge >= 0.3 is 5.91 Å². The Labute approximate surface area is 264 Å². The summed E-state index contributed by atoms with van der Waals surface area (Å²) in [5, 5.41) is 21.0. The van der Waals surface area contributed by atoms with Gasteiger partial charge in [0.2, 0.25) is 5.13 Å². The number of thioether (sulfide) groups is 1. The first-order chi connectivity index (χ1) is 20.8. The molecule has 1 unspecified atom stereocenters. The minimum absolute atomic E-state index is 0.00224. The van der Waals surface area contributed by atoms with Gasteiger partial charge in [0.1, 0.15) is 11.5 Å². The summed E-state index contributed by atoms with van der Waals surface area (Å²) < 4.78 is 6.38. The number of Topliss-reactive ketones (excluding diaryl/α,β-unsaturated/α-hetero) is 1. The van der Waals surface area contributed by atoms with Gasteiger partial charge in [-0.3, -0.25) is 14.5 Å². The zero-order chi connectivity index (χ0) is 30.5. The van der Waals surface area contributed by atoms with Crippen molar-refractivity contribution in [3.63, 3.8) is 0 Å². The van der Waals surface area contributed by atoms with Crippen molar-refractivity contribution in [1.29, 1.82) is 0 Å². The topological polar surface area (TPSA) is 92.6 Å². The molecule has 222 valence electrons. The predicted octanol–water partition coefficient (Wildman–Crippen LogP) is 8.41. The maximum Gasteiger partial charge on any atom is 0.301 e. The Balaban J connectivity index is 1.50. The van der Waals surface area contributed by atoms with Gasteiger partial charge < -0.3 is 9.84 Å². The Morgan fingerprint density at radius 1 is 1.05 bits per heavy atom. The predicted molar refractivity (Wildman–Crippen MR) is 173 cm³/mol. The number of hydrogen-bond donors (Lipinski definition) is 1. The van der Waals surface area contributed by atoms with Gasteiger partial charge in [0, 0.05) is 16.3 Å². The van der Waals surface area contributed by atoms with Crippen LogP contribution in [0.25, 0.3) is 5.76 Å². The third kappa shape index (κ3) is 6.79. The molecule has 1 N–H and O–H groups in total. The number of halogens is 1. The van der Waals surface area contributed by atoms with Gasteiger partial charge in [-0.15, -0.1) is 10.2 Å². The number of aliphatic hydroxyl groups is 1. The molecule has 1 saturated heterocycles. The fourth-order valence-electron chi connectivity index (χ4n) is 4.72. The number of carbonyl (C=O) groups excluding carboxylic acids is 2. The van der Waals surface area contributed by atoms with Gasteiger partial charge in [0.05, 0.1) is 18.2 Å². The molecule has 0 aliphatic carbocycles. The smallest absolute Gasteiger partial charge is 0.301 e. The summed E-state index contributed by atoms with van der Waals surface area (Å²) in [6.45, 7) is 6.88. The molecule has 7 nitrogen and oxygen atoms in total. The molecule has 4 aromatic rings. The van der Waals surface area contributed by atoms with Crippen molar-refractivity contribution in [1.82, 2.24) is 10.2 Å². The van der Waals surface area contributed by atoms with E-state index >= 15 is 0 Å². The van der Waals surface area contributed by atoms with Crippen LogP contribution in [0.4, 0.5) is 5.13 Å². The van der Waals surface area contributed by atoms with Crippen LogP contribution in [-0.4, -0.2) is 33.6 Å². The minimum atomic E-state index is -0.879. The van der Waals surface area contributed by atoms with Gasteiger partial charge in [0.15, 0.2) is 4.34 Å². The summed E-state index contributed by atoms with van der Waals surface area (Å²) >= 11 is 8.98. The second-order valence-corrected chi connectivity index (χ2v) is 13.0. The molecule has 1 fully saturated rings. The Hall–Kier alpha value is -3.66. The monoisotopic (exact) mass is 633 g/mol. The van der Waals surface area contributed by atoms with E-state index in [4.69, 9.17) is 16.3 Å². The SMILES string of the molecule is CCCCOc1ccc(/C(O)=C2\C(=O)C(=O)N(c3nnc(SCc4ccccc4Cl)s3)C2c2ccc(C(C)C)cc2)cc1. The van der Waals surface area contributed by atoms with Crippen molar-refractivity contribution in [3.05, 3.63) is 106 Å². The Morgan fingerprint density at radius 2 is 1.77 bits per heavy atom. The van der Waals surface area contributed by atoms with E-state index in [0.29, 0.717) is 44.5 Å². The van der Waals surface area contributed by atoms with Crippen LogP contribution in [0.3, 0.4) is 0 Å². The van der Waals surface area contributed by atoms with E-state index < -0.39 is 17.7 Å². The quantitative estimate of drug-likeness (QED) is 0.0442. The normalized spacial score (nSPS) is 16.3. The third-order valence-corrected chi connectivity index (χ3v) is 9.64. The summed E-state index contributed by atoms with van der Waals surface area (Å²) in [6.07, 6.45) is 1.96. The van der Waals surface area contributed by atoms with Crippen molar-refractivity contribution in [2.24, 2.45) is 0 Å². The number of aromatic nitrogens is 2. The van der Waals surface area contributed by atoms with Crippen LogP contribution in [0.1, 0.15) is 67.8 Å². The average molecular weight is 634 g/mol. The molecule has 1 aliphatic rings. The second kappa shape index (κ2) is 13.8. The number of anilines is 1. The number of hydrogen-bond acceptors (Lipinski definition) is 8. The van der Waals surface area contributed by atoms with Crippen LogP contribution in [0, 0.1) is 0 Å². The van der Waals surface area contributed by atoms with Crippen LogP contribution in [0.15, 0.2) is 82.7 Å². The summed E-state index contributed by atoms with van der Waals surface area (Å²) in [5.41, 5.74) is 3.18. The Kier molecular flexibility index (Phi) is 9.85. The summed E-state index contributed by atoms with van der Waals surface area (Å²) in [6, 6.07) is 21.3. The average Bonchev–Trinajstić information content (AvgIpc) is 3.58. The molecular formula is C33H32ClN3O4S2. The maximum absolute atomic E-state index is 13.6. The molecule has 1 aliphatic heterocycles. The largest absolute Gasteiger partial charge is 0.507 e. The second-order valence-electron chi connectivity index (χ2n) is 10.4. The van der Waals surface area contributed by atoms with E-state index in [1.807, 2.05) is 48.5 Å². The molecule has 1 atom stereocenters. The van der Waals surface area contributed by atoms with Crippen molar-refractivity contribution < 1.29 is 19.4 Å². The van der Waals surface area contributed by atoms with Crippen molar-refractivity contribution >= 4 is 57.3 Å². The van der Waals surface area contributed by atoms with Gasteiger partial charge in [-0.05, 0) is 59.4 Å². The first kappa shape index (κ1) is 30.8. The van der Waals surface area contributed by atoms with Crippen molar-refractivity contribution in [2.75, 3.05) is 11.5 Å². The highest BCUT2D eigenvalue weighted by Gasteiger charge is 2.48. The fraction of sp³-hybridized carbons (Fsp3) is 0.273. The van der Waals surface area contributed by atoms with Crippen LogP contribution in [-0.2, 0) is 15.3 Å². The molecule has 10 heteroatoms. The van der Waals surface area contributed by atoms with Crippen LogP contribution in [0.5, 0.6) is 5.75 Å². The zero-order valence-corrected chi connectivity index (χ0v) is 26.5. The summed E-state index contributed by atoms with van der Waals surface area (Å²) in [7, 11) is 0. The van der Waals surface area contributed by atoms with Gasteiger partial charge in [-0.1, -0.05) is 104 Å². The molecule has 5 rings (SSSR count). The van der Waals surface area contributed by atoms with E-state index in [9.17, 15) is 14.7 Å². The molecule has 0 spiro atoms. The number of benzene rings is 3. The molecule has 1 aromatic heterocycles. The van der Waals surface area contributed by atoms with Crippen molar-refractivity contribution in [3.8, 4) is 5.75 Å². The van der Waals surface area contributed by atoms with Gasteiger partial charge in [-0.25, -0.2) is 0 Å². The van der Waals surface area contributed by atoms with Crippen molar-refractivity contribution in [2.45, 2.75) is 55.7 Å². The number of ether oxygens (including phenoxy) is 1. The maximum atomic E-state index is 13.6. The summed E-state index contributed by atoms with van der Waals surface area (Å²) in [4.78, 5) is 28.5. The lowest BCUT2D eigenvalue weighted by molar-refractivity contribution is -0.132. The first-order valence-corrected chi connectivity index (χ1v) is 16.3. The highest BCUT2D eigenvalue weighted by Crippen LogP contribution is 2.44. The van der Waals surface area contributed by atoms with Gasteiger partial charge in [-0.2, -0.15) is 0 Å². The molecular weight excluding hydrogens is 602 g/mol. The molecule has 3 aromatic carbocycles. The molecule has 1 amide bonds. The lowest BCUT2D eigenvalue weighted by Gasteiger charge is -2.23. The van der Waals surface area contributed by atoms with E-state index in [2.05, 4.69) is 31.0 Å². The van der Waals surface area contributed by atoms with E-state index in [1.54, 1.807) is 24.3 Å². The third-order valence-electron chi connectivity index (χ3n) is 7.17. The minimum Gasteiger partial charge on any atom is -0.507 e. The lowest BCUT2D eigenvalue weighted by atomic mass is 9.93. The number of aliphatic hydroxyl groups excluding tert-OH is 1. The van der Waals surface area contributed by atoms with Crippen LogP contribution in [0.2, 0.25) is 5.02 Å². The van der Waals surface area contributed by atoms with E-state index in [-0.39, 0.29) is 16.5 Å². The number of carbonyl (C=O) groups is 2. The summed E-state index contributed by atoms with van der Waals surface area (Å²) in [5.74, 6) is -0.249. The highest BCUT2D eigenvalue weighted by atomic mass is 35.5. The fourth-order valence-corrected chi connectivity index (χ4v) is 6.87. The highest BCUT2D eigenvalue weighted by molar-refractivity contribution is 8.00. The van der Waals surface area contributed by atoms with Gasteiger partial charge in [0.25, 0.3) is 5.78 Å². The van der Waals surface area contributed by atoms with E-state index in [0.717, 1.165) is 24.0 Å². The molecule has 0 radical (unpaired) electrons. The molecule has 43 heavy (non-hydrogen) atoms. The zero-order valence-electron chi connectivity index (χ0n) is 24.1. The van der Waals surface area contributed by atoms with E-state index in [1.165, 1.54) is 28.0 Å². The van der Waals surface area contributed by atoms with Crippen LogP contribution < -0.4 is 9.64 Å². The number of rotatable bonds is 11. The number of nitrogens with zero attached hydrogens (tertiary/aromatic N) is 3. The standard InChI is InChI=1S/C33H32ClN3O4S2/c1-4-5-18-41-25-16-14-23(15-17-25)29(38)27-28(22-12-10-21(11-13-22)20(2)3)37(31(40)30(27)39)32-35-36-33(43-32)42-19-24-8-6-7-9-26(24)34/h6-17,20,28,38H,4-5,18-19H2,1-3H3/b29-27+. The molecule has 0 bridgehead atoms.